The van der Waals surface area contributed by atoms with Crippen LogP contribution in [0.2, 0.25) is 0 Å². The van der Waals surface area contributed by atoms with Crippen LogP contribution in [0.4, 0.5) is 0 Å². The predicted molar refractivity (Wildman–Crippen MR) is 77.2 cm³/mol. The van der Waals surface area contributed by atoms with Crippen LogP contribution in [0.15, 0.2) is 42.7 Å². The van der Waals surface area contributed by atoms with Crippen molar-refractivity contribution in [1.82, 2.24) is 14.9 Å². The maximum absolute atomic E-state index is 4.61. The molecular formula is C16H21N3. The highest BCUT2D eigenvalue weighted by atomic mass is 15.1. The summed E-state index contributed by atoms with van der Waals surface area (Å²) in [5, 5.41) is 3.47. The van der Waals surface area contributed by atoms with Crippen LogP contribution < -0.4 is 5.32 Å². The van der Waals surface area contributed by atoms with E-state index >= 15 is 0 Å². The summed E-state index contributed by atoms with van der Waals surface area (Å²) in [5.41, 5.74) is 1.34. The molecule has 0 bridgehead atoms. The molecule has 1 aromatic heterocycles. The van der Waals surface area contributed by atoms with Gasteiger partial charge < -0.3 is 9.88 Å². The van der Waals surface area contributed by atoms with Gasteiger partial charge in [0.25, 0.3) is 0 Å². The molecule has 3 nitrogen and oxygen atoms in total. The van der Waals surface area contributed by atoms with Gasteiger partial charge in [0, 0.05) is 24.9 Å². The second kappa shape index (κ2) is 6.02. The summed E-state index contributed by atoms with van der Waals surface area (Å²) < 4.78 is 2.31. The van der Waals surface area contributed by atoms with E-state index in [1.807, 2.05) is 6.20 Å². The van der Waals surface area contributed by atoms with Crippen LogP contribution in [-0.4, -0.2) is 22.6 Å². The molecule has 1 aliphatic rings. The zero-order chi connectivity index (χ0) is 12.9. The van der Waals surface area contributed by atoms with E-state index in [1.165, 1.54) is 30.7 Å². The molecule has 1 aromatic carbocycles. The van der Waals surface area contributed by atoms with Crippen molar-refractivity contribution in [3.05, 3.63) is 54.1 Å². The highest BCUT2D eigenvalue weighted by molar-refractivity contribution is 5.16. The molecule has 1 saturated heterocycles. The van der Waals surface area contributed by atoms with E-state index in [2.05, 4.69) is 51.4 Å². The van der Waals surface area contributed by atoms with E-state index < -0.39 is 0 Å². The summed E-state index contributed by atoms with van der Waals surface area (Å²) >= 11 is 0. The van der Waals surface area contributed by atoms with Crippen LogP contribution in [0.1, 0.15) is 36.6 Å². The van der Waals surface area contributed by atoms with Crippen LogP contribution in [0.3, 0.4) is 0 Å². The van der Waals surface area contributed by atoms with Gasteiger partial charge in [-0.15, -0.1) is 0 Å². The lowest BCUT2D eigenvalue weighted by Crippen LogP contribution is -2.15. The van der Waals surface area contributed by atoms with Crippen molar-refractivity contribution in [2.45, 2.75) is 31.7 Å². The third-order valence-corrected chi connectivity index (χ3v) is 3.88. The van der Waals surface area contributed by atoms with Crippen molar-refractivity contribution in [3.8, 4) is 0 Å². The van der Waals surface area contributed by atoms with Crippen LogP contribution in [0.25, 0.3) is 0 Å². The van der Waals surface area contributed by atoms with E-state index in [-0.39, 0.29) is 0 Å². The lowest BCUT2D eigenvalue weighted by molar-refractivity contribution is 0.544. The maximum atomic E-state index is 4.61. The van der Waals surface area contributed by atoms with E-state index in [0.717, 1.165) is 19.6 Å². The van der Waals surface area contributed by atoms with Gasteiger partial charge in [0.1, 0.15) is 5.82 Å². The number of aromatic nitrogens is 2. The minimum atomic E-state index is 0.605. The van der Waals surface area contributed by atoms with Gasteiger partial charge >= 0.3 is 0 Å². The lowest BCUT2D eigenvalue weighted by atomic mass is 10.00. The molecule has 0 spiro atoms. The van der Waals surface area contributed by atoms with Crippen LogP contribution >= 0.6 is 0 Å². The average Bonchev–Trinajstić information content (AvgIpc) is 2.74. The highest BCUT2D eigenvalue weighted by Crippen LogP contribution is 2.25. The Morgan fingerprint density at radius 1 is 1.16 bits per heavy atom. The number of hydrogen-bond donors (Lipinski definition) is 1. The molecule has 1 N–H and O–H groups in total. The summed E-state index contributed by atoms with van der Waals surface area (Å²) in [6, 6.07) is 10.6. The molecule has 3 heteroatoms. The molecule has 1 fully saturated rings. The zero-order valence-corrected chi connectivity index (χ0v) is 11.3. The Morgan fingerprint density at radius 3 is 2.95 bits per heavy atom. The zero-order valence-electron chi connectivity index (χ0n) is 11.3. The van der Waals surface area contributed by atoms with Gasteiger partial charge in [0.15, 0.2) is 0 Å². The number of rotatable bonds is 3. The molecule has 0 aliphatic carbocycles. The highest BCUT2D eigenvalue weighted by Gasteiger charge is 2.18. The average molecular weight is 255 g/mol. The van der Waals surface area contributed by atoms with Gasteiger partial charge in [0.2, 0.25) is 0 Å². The topological polar surface area (TPSA) is 29.9 Å². The number of nitrogens with zero attached hydrogens (tertiary/aromatic N) is 2. The first-order chi connectivity index (χ1) is 9.43. The number of imidazole rings is 1. The Balaban J connectivity index is 1.78. The Morgan fingerprint density at radius 2 is 2.05 bits per heavy atom. The second-order valence-electron chi connectivity index (χ2n) is 5.28. The Hall–Kier alpha value is -1.61. The van der Waals surface area contributed by atoms with Crippen molar-refractivity contribution in [2.75, 3.05) is 13.1 Å². The molecule has 2 heterocycles. The van der Waals surface area contributed by atoms with Gasteiger partial charge in [-0.25, -0.2) is 4.98 Å². The maximum Gasteiger partial charge on any atom is 0.112 e. The fourth-order valence-electron chi connectivity index (χ4n) is 2.87. The number of benzene rings is 1. The first kappa shape index (κ1) is 12.4. The largest absolute Gasteiger partial charge is 0.330 e. The normalized spacial score (nSPS) is 20.1. The molecule has 1 unspecified atom stereocenters. The summed E-state index contributed by atoms with van der Waals surface area (Å²) in [7, 11) is 0. The molecule has 100 valence electrons. The van der Waals surface area contributed by atoms with Crippen molar-refractivity contribution in [2.24, 2.45) is 0 Å². The molecule has 1 atom stereocenters. The predicted octanol–water partition coefficient (Wildman–Crippen LogP) is 2.79. The molecule has 3 rings (SSSR count). The fourth-order valence-corrected chi connectivity index (χ4v) is 2.87. The molecule has 2 aromatic rings. The quantitative estimate of drug-likeness (QED) is 0.914. The molecular weight excluding hydrogens is 234 g/mol. The van der Waals surface area contributed by atoms with E-state index in [1.54, 1.807) is 0 Å². The fraction of sp³-hybridized carbons (Fsp3) is 0.438. The minimum absolute atomic E-state index is 0.605. The van der Waals surface area contributed by atoms with Crippen LogP contribution in [0.5, 0.6) is 0 Å². The van der Waals surface area contributed by atoms with Crippen molar-refractivity contribution in [3.63, 3.8) is 0 Å². The summed E-state index contributed by atoms with van der Waals surface area (Å²) in [5.74, 6) is 1.86. The lowest BCUT2D eigenvalue weighted by Gasteiger charge is -2.16. The Kier molecular flexibility index (Phi) is 3.94. The smallest absolute Gasteiger partial charge is 0.112 e. The van der Waals surface area contributed by atoms with Crippen LogP contribution in [-0.2, 0) is 6.54 Å². The van der Waals surface area contributed by atoms with Crippen molar-refractivity contribution >= 4 is 0 Å². The minimum Gasteiger partial charge on any atom is -0.330 e. The van der Waals surface area contributed by atoms with Gasteiger partial charge in [-0.05, 0) is 37.9 Å². The summed E-state index contributed by atoms with van der Waals surface area (Å²) in [6.07, 6.45) is 7.75. The van der Waals surface area contributed by atoms with Gasteiger partial charge in [-0.3, -0.25) is 0 Å². The molecule has 19 heavy (non-hydrogen) atoms. The Labute approximate surface area is 114 Å². The number of hydrogen-bond acceptors (Lipinski definition) is 2. The monoisotopic (exact) mass is 255 g/mol. The van der Waals surface area contributed by atoms with Crippen LogP contribution in [0, 0.1) is 0 Å². The molecule has 0 radical (unpaired) electrons. The Bertz CT molecular complexity index is 496. The molecule has 0 amide bonds. The van der Waals surface area contributed by atoms with E-state index in [9.17, 15) is 0 Å². The van der Waals surface area contributed by atoms with E-state index in [4.69, 9.17) is 0 Å². The molecule has 0 saturated carbocycles. The van der Waals surface area contributed by atoms with E-state index in [0.29, 0.717) is 5.92 Å². The summed E-state index contributed by atoms with van der Waals surface area (Å²) in [6.45, 7) is 3.19. The first-order valence-electron chi connectivity index (χ1n) is 7.19. The van der Waals surface area contributed by atoms with Gasteiger partial charge in [-0.1, -0.05) is 30.3 Å². The summed E-state index contributed by atoms with van der Waals surface area (Å²) in [4.78, 5) is 4.61. The molecule has 1 aliphatic heterocycles. The first-order valence-corrected chi connectivity index (χ1v) is 7.19. The van der Waals surface area contributed by atoms with Gasteiger partial charge in [0.05, 0.1) is 0 Å². The third-order valence-electron chi connectivity index (χ3n) is 3.88. The standard InChI is InChI=1S/C16H21N3/c1-2-5-14(6-3-1)13-19-12-11-18-16(19)15-7-4-9-17-10-8-15/h1-3,5-6,11-12,15,17H,4,7-10,13H2. The van der Waals surface area contributed by atoms with Gasteiger partial charge in [-0.2, -0.15) is 0 Å². The SMILES string of the molecule is c1ccc(Cn2ccnc2C2CCCNCC2)cc1. The number of nitrogens with one attached hydrogen (secondary N) is 1. The van der Waals surface area contributed by atoms with Crippen molar-refractivity contribution < 1.29 is 0 Å². The van der Waals surface area contributed by atoms with Crippen molar-refractivity contribution in [1.29, 1.82) is 0 Å². The second-order valence-corrected chi connectivity index (χ2v) is 5.28. The third kappa shape index (κ3) is 3.04.